The maximum absolute atomic E-state index is 12.9. The first-order valence-electron chi connectivity index (χ1n) is 9.86. The summed E-state index contributed by atoms with van der Waals surface area (Å²) in [5.74, 6) is 0.514. The van der Waals surface area contributed by atoms with Crippen LogP contribution in [0.1, 0.15) is 43.2 Å². The molecule has 3 fully saturated rings. The van der Waals surface area contributed by atoms with Crippen molar-refractivity contribution in [3.63, 3.8) is 0 Å². The van der Waals surface area contributed by atoms with E-state index in [0.29, 0.717) is 37.4 Å². The minimum atomic E-state index is -0.331. The Hall–Kier alpha value is -1.88. The first-order chi connectivity index (χ1) is 12.5. The van der Waals surface area contributed by atoms with E-state index in [9.17, 15) is 9.59 Å². The summed E-state index contributed by atoms with van der Waals surface area (Å²) < 4.78 is 0. The first kappa shape index (κ1) is 17.5. The quantitative estimate of drug-likeness (QED) is 0.783. The van der Waals surface area contributed by atoms with E-state index in [0.717, 1.165) is 19.3 Å². The van der Waals surface area contributed by atoms with Crippen LogP contribution < -0.4 is 5.73 Å². The van der Waals surface area contributed by atoms with Crippen molar-refractivity contribution in [3.8, 4) is 0 Å². The van der Waals surface area contributed by atoms with Crippen molar-refractivity contribution in [1.29, 1.82) is 0 Å². The van der Waals surface area contributed by atoms with Crippen LogP contribution in [0.4, 0.5) is 0 Å². The highest BCUT2D eigenvalue weighted by Crippen LogP contribution is 2.38. The Morgan fingerprint density at radius 3 is 2.58 bits per heavy atom. The maximum atomic E-state index is 12.9. The van der Waals surface area contributed by atoms with Gasteiger partial charge in [0.05, 0.1) is 0 Å². The predicted octanol–water partition coefficient (Wildman–Crippen LogP) is 1.90. The Bertz CT molecular complexity index is 719. The average molecular weight is 355 g/mol. The summed E-state index contributed by atoms with van der Waals surface area (Å²) in [6, 6.07) is 8.63. The number of nitrogens with two attached hydrogens (primary N) is 1. The van der Waals surface area contributed by atoms with Gasteiger partial charge in [-0.3, -0.25) is 9.59 Å². The van der Waals surface area contributed by atoms with Gasteiger partial charge in [0.2, 0.25) is 0 Å². The minimum Gasteiger partial charge on any atom is -0.334 e. The second-order valence-electron chi connectivity index (χ2n) is 8.47. The smallest absolute Gasteiger partial charge is 0.312 e. The number of likely N-dealkylation sites (tertiary alicyclic amines) is 2. The first-order valence-corrected chi connectivity index (χ1v) is 9.86. The third kappa shape index (κ3) is 2.92. The lowest BCUT2D eigenvalue weighted by Crippen LogP contribution is -2.46. The van der Waals surface area contributed by atoms with Crippen molar-refractivity contribution >= 4 is 11.8 Å². The lowest BCUT2D eigenvalue weighted by atomic mass is 9.93. The fourth-order valence-corrected chi connectivity index (χ4v) is 5.32. The summed E-state index contributed by atoms with van der Waals surface area (Å²) in [7, 11) is 0. The van der Waals surface area contributed by atoms with E-state index in [2.05, 4.69) is 32.0 Å². The zero-order valence-corrected chi connectivity index (χ0v) is 15.7. The molecule has 2 N–H and O–H groups in total. The number of rotatable bonds is 1. The van der Waals surface area contributed by atoms with Gasteiger partial charge in [0, 0.05) is 37.6 Å². The van der Waals surface area contributed by atoms with Gasteiger partial charge in [0.25, 0.3) is 0 Å². The van der Waals surface area contributed by atoms with Gasteiger partial charge >= 0.3 is 11.8 Å². The van der Waals surface area contributed by atoms with Gasteiger partial charge in [0.15, 0.2) is 0 Å². The third-order valence-corrected chi connectivity index (χ3v) is 6.85. The normalized spacial score (nSPS) is 33.6. The van der Waals surface area contributed by atoms with Crippen molar-refractivity contribution in [2.24, 2.45) is 17.6 Å². The topological polar surface area (TPSA) is 66.6 Å². The Balaban J connectivity index is 1.43. The van der Waals surface area contributed by atoms with Gasteiger partial charge in [-0.1, -0.05) is 24.3 Å². The number of hydrogen-bond donors (Lipinski definition) is 1. The minimum absolute atomic E-state index is 0.0976. The molecule has 1 aliphatic carbocycles. The Morgan fingerprint density at radius 1 is 1.08 bits per heavy atom. The van der Waals surface area contributed by atoms with Crippen LogP contribution in [0.3, 0.4) is 0 Å². The zero-order valence-electron chi connectivity index (χ0n) is 15.7. The van der Waals surface area contributed by atoms with Crippen LogP contribution >= 0.6 is 0 Å². The van der Waals surface area contributed by atoms with Crippen LogP contribution in [-0.4, -0.2) is 53.3 Å². The van der Waals surface area contributed by atoms with E-state index < -0.39 is 0 Å². The van der Waals surface area contributed by atoms with Crippen molar-refractivity contribution in [1.82, 2.24) is 9.80 Å². The molecule has 2 heterocycles. The molecule has 140 valence electrons. The molecule has 5 nitrogen and oxygen atoms in total. The van der Waals surface area contributed by atoms with E-state index in [1.807, 2.05) is 6.07 Å². The predicted molar refractivity (Wildman–Crippen MR) is 100 cm³/mol. The van der Waals surface area contributed by atoms with E-state index in [4.69, 9.17) is 5.73 Å². The van der Waals surface area contributed by atoms with E-state index in [1.54, 1.807) is 9.80 Å². The number of aryl methyl sites for hydroxylation is 1. The number of amides is 2. The molecule has 1 aromatic carbocycles. The molecule has 0 radical (unpaired) electrons. The molecular formula is C21H29N3O2. The number of carbonyl (C=O) groups is 2. The largest absolute Gasteiger partial charge is 0.334 e. The molecule has 1 aromatic rings. The van der Waals surface area contributed by atoms with Gasteiger partial charge < -0.3 is 15.5 Å². The molecule has 3 aliphatic rings. The second-order valence-corrected chi connectivity index (χ2v) is 8.47. The molecule has 2 aliphatic heterocycles. The summed E-state index contributed by atoms with van der Waals surface area (Å²) in [6.45, 7) is 6.16. The molecule has 1 saturated carbocycles. The molecular weight excluding hydrogens is 326 g/mol. The number of nitrogens with zero attached hydrogens (tertiary/aromatic N) is 2. The summed E-state index contributed by atoms with van der Waals surface area (Å²) in [4.78, 5) is 29.3. The molecule has 5 heteroatoms. The summed E-state index contributed by atoms with van der Waals surface area (Å²) in [5.41, 5.74) is 8.72. The summed E-state index contributed by atoms with van der Waals surface area (Å²) >= 11 is 0. The average Bonchev–Trinajstić information content (AvgIpc) is 3.30. The number of carbonyl (C=O) groups excluding carboxylic acids is 2. The summed E-state index contributed by atoms with van der Waals surface area (Å²) in [6.07, 6.45) is 3.05. The van der Waals surface area contributed by atoms with Crippen LogP contribution in [0.5, 0.6) is 0 Å². The monoisotopic (exact) mass is 355 g/mol. The maximum Gasteiger partial charge on any atom is 0.312 e. The van der Waals surface area contributed by atoms with Crippen molar-refractivity contribution in [2.45, 2.75) is 51.1 Å². The van der Waals surface area contributed by atoms with Crippen LogP contribution in [0.25, 0.3) is 0 Å². The second kappa shape index (κ2) is 6.69. The van der Waals surface area contributed by atoms with Crippen LogP contribution in [0.2, 0.25) is 0 Å². The van der Waals surface area contributed by atoms with Gasteiger partial charge in [-0.15, -0.1) is 0 Å². The zero-order chi connectivity index (χ0) is 18.4. The Morgan fingerprint density at radius 2 is 1.85 bits per heavy atom. The number of benzene rings is 1. The molecule has 4 rings (SSSR count). The lowest BCUT2D eigenvalue weighted by Gasteiger charge is -2.25. The van der Waals surface area contributed by atoms with Gasteiger partial charge in [-0.25, -0.2) is 0 Å². The van der Waals surface area contributed by atoms with Crippen LogP contribution in [0.15, 0.2) is 24.3 Å². The highest BCUT2D eigenvalue weighted by Gasteiger charge is 2.45. The molecule has 0 bridgehead atoms. The molecule has 0 aromatic heterocycles. The molecule has 5 atom stereocenters. The number of fused-ring (bicyclic) bond motifs is 1. The fourth-order valence-electron chi connectivity index (χ4n) is 5.32. The molecule has 2 amide bonds. The Labute approximate surface area is 155 Å². The fraction of sp³-hybridized carbons (Fsp3) is 0.619. The van der Waals surface area contributed by atoms with Gasteiger partial charge in [0.1, 0.15) is 0 Å². The van der Waals surface area contributed by atoms with E-state index in [-0.39, 0.29) is 23.9 Å². The van der Waals surface area contributed by atoms with E-state index >= 15 is 0 Å². The standard InChI is InChI=1S/C21H29N3O2/c1-13-5-3-4-6-17(13)16-9-14(2)24(11-16)21(26)20(25)23-10-15-7-8-19(22)18(15)12-23/h3-6,14-16,18-19H,7-12,22H2,1-2H3. The Kier molecular flexibility index (Phi) is 4.51. The summed E-state index contributed by atoms with van der Waals surface area (Å²) in [5, 5.41) is 0. The molecule has 26 heavy (non-hydrogen) atoms. The van der Waals surface area contributed by atoms with Crippen molar-refractivity contribution in [3.05, 3.63) is 35.4 Å². The third-order valence-electron chi connectivity index (χ3n) is 6.85. The molecule has 2 saturated heterocycles. The van der Waals surface area contributed by atoms with E-state index in [1.165, 1.54) is 11.1 Å². The highest BCUT2D eigenvalue weighted by molar-refractivity contribution is 6.35. The van der Waals surface area contributed by atoms with Crippen LogP contribution in [-0.2, 0) is 9.59 Å². The molecule has 0 spiro atoms. The van der Waals surface area contributed by atoms with Gasteiger partial charge in [-0.2, -0.15) is 0 Å². The van der Waals surface area contributed by atoms with Crippen LogP contribution in [0, 0.1) is 18.8 Å². The highest BCUT2D eigenvalue weighted by atomic mass is 16.2. The molecule has 5 unspecified atom stereocenters. The lowest BCUT2D eigenvalue weighted by molar-refractivity contribution is -0.151. The van der Waals surface area contributed by atoms with Crippen molar-refractivity contribution < 1.29 is 9.59 Å². The SMILES string of the molecule is Cc1ccccc1C1CC(C)N(C(=O)C(=O)N2CC3CCC(N)C3C2)C1. The van der Waals surface area contributed by atoms with Crippen molar-refractivity contribution in [2.75, 3.05) is 19.6 Å². The van der Waals surface area contributed by atoms with Gasteiger partial charge in [-0.05, 0) is 56.1 Å². The number of hydrogen-bond acceptors (Lipinski definition) is 3.